The van der Waals surface area contributed by atoms with Gasteiger partial charge in [-0.05, 0) is 37.3 Å². The summed E-state index contributed by atoms with van der Waals surface area (Å²) in [5, 5.41) is 8.47. The first kappa shape index (κ1) is 15.5. The van der Waals surface area contributed by atoms with Gasteiger partial charge in [0.05, 0.1) is 10.8 Å². The molecule has 0 fully saturated rings. The van der Waals surface area contributed by atoms with E-state index >= 15 is 0 Å². The maximum Gasteiger partial charge on any atom is 0.416 e. The van der Waals surface area contributed by atoms with Gasteiger partial charge in [-0.2, -0.15) is 13.2 Å². The van der Waals surface area contributed by atoms with Crippen molar-refractivity contribution in [2.24, 2.45) is 0 Å². The van der Waals surface area contributed by atoms with Gasteiger partial charge in [0, 0.05) is 4.90 Å². The van der Waals surface area contributed by atoms with Crippen molar-refractivity contribution in [1.29, 1.82) is 0 Å². The van der Waals surface area contributed by atoms with Crippen molar-refractivity contribution in [2.75, 3.05) is 0 Å². The molecule has 1 aromatic heterocycles. The van der Waals surface area contributed by atoms with Crippen LogP contribution in [-0.4, -0.2) is 11.1 Å². The molecule has 0 aliphatic heterocycles. The summed E-state index contributed by atoms with van der Waals surface area (Å²) in [7, 11) is 0. The molecule has 0 spiro atoms. The van der Waals surface area contributed by atoms with E-state index in [1.165, 1.54) is 30.0 Å². The molecular weight excluding hydrogens is 305 g/mol. The van der Waals surface area contributed by atoms with E-state index in [0.717, 1.165) is 12.1 Å². The second-order valence-corrected chi connectivity index (χ2v) is 5.71. The summed E-state index contributed by atoms with van der Waals surface area (Å²) in [5.74, 6) is -0.978. The van der Waals surface area contributed by atoms with Crippen LogP contribution in [0.1, 0.15) is 34.1 Å². The van der Waals surface area contributed by atoms with Gasteiger partial charge in [-0.1, -0.05) is 6.07 Å². The highest BCUT2D eigenvalue weighted by Crippen LogP contribution is 2.38. The molecule has 1 heterocycles. The third kappa shape index (κ3) is 3.81. The molecule has 2 aromatic rings. The first-order valence-corrected chi connectivity index (χ1v) is 6.82. The smallest absolute Gasteiger partial charge is 0.416 e. The van der Waals surface area contributed by atoms with Crippen LogP contribution in [0.15, 0.2) is 45.7 Å². The molecule has 0 aliphatic carbocycles. The monoisotopic (exact) mass is 316 g/mol. The molecule has 0 aliphatic rings. The lowest BCUT2D eigenvalue weighted by Crippen LogP contribution is -2.04. The second-order valence-electron chi connectivity index (χ2n) is 4.29. The quantitative estimate of drug-likeness (QED) is 0.819. The summed E-state index contributed by atoms with van der Waals surface area (Å²) >= 11 is 1.17. The Labute approximate surface area is 122 Å². The molecule has 1 unspecified atom stereocenters. The number of rotatable bonds is 4. The Morgan fingerprint density at radius 1 is 1.29 bits per heavy atom. The largest absolute Gasteiger partial charge is 0.475 e. The highest BCUT2D eigenvalue weighted by Gasteiger charge is 2.30. The Morgan fingerprint density at radius 3 is 2.57 bits per heavy atom. The molecule has 0 saturated heterocycles. The molecule has 3 nitrogen and oxygen atoms in total. The summed E-state index contributed by atoms with van der Waals surface area (Å²) in [6, 6.07) is 7.79. The number of carboxylic acids is 1. The number of halogens is 3. The van der Waals surface area contributed by atoms with Crippen LogP contribution in [0.3, 0.4) is 0 Å². The lowest BCUT2D eigenvalue weighted by molar-refractivity contribution is -0.137. The number of carbonyl (C=O) groups is 1. The highest BCUT2D eigenvalue weighted by molar-refractivity contribution is 7.99. The number of thioether (sulfide) groups is 1. The zero-order valence-electron chi connectivity index (χ0n) is 10.8. The van der Waals surface area contributed by atoms with Crippen LogP contribution in [0, 0.1) is 0 Å². The van der Waals surface area contributed by atoms with E-state index < -0.39 is 17.7 Å². The minimum atomic E-state index is -4.39. The molecule has 0 bridgehead atoms. The standard InChI is InChI=1S/C14H11F3O3S/c1-8(11-5-6-12(20-11)13(18)19)21-10-4-2-3-9(7-10)14(15,16)17/h2-8H,1H3,(H,18,19). The molecule has 0 radical (unpaired) electrons. The van der Waals surface area contributed by atoms with Crippen LogP contribution in [0.25, 0.3) is 0 Å². The van der Waals surface area contributed by atoms with E-state index in [1.807, 2.05) is 0 Å². The number of hydrogen-bond acceptors (Lipinski definition) is 3. The number of alkyl halides is 3. The average molecular weight is 316 g/mol. The first-order chi connectivity index (χ1) is 9.77. The summed E-state index contributed by atoms with van der Waals surface area (Å²) < 4.78 is 43.0. The lowest BCUT2D eigenvalue weighted by Gasteiger charge is -2.11. The third-order valence-corrected chi connectivity index (χ3v) is 3.82. The number of aromatic carboxylic acids is 1. The van der Waals surface area contributed by atoms with Gasteiger partial charge in [0.1, 0.15) is 5.76 Å². The first-order valence-electron chi connectivity index (χ1n) is 5.94. The van der Waals surface area contributed by atoms with Gasteiger partial charge >= 0.3 is 12.1 Å². The summed E-state index contributed by atoms with van der Waals surface area (Å²) in [6.45, 7) is 1.73. The zero-order chi connectivity index (χ0) is 15.6. The lowest BCUT2D eigenvalue weighted by atomic mass is 10.2. The van der Waals surface area contributed by atoms with Crippen molar-refractivity contribution in [2.45, 2.75) is 23.2 Å². The van der Waals surface area contributed by atoms with Gasteiger partial charge in [-0.15, -0.1) is 11.8 Å². The summed E-state index contributed by atoms with van der Waals surface area (Å²) in [6.07, 6.45) is -4.39. The van der Waals surface area contributed by atoms with Crippen molar-refractivity contribution in [3.05, 3.63) is 53.5 Å². The average Bonchev–Trinajstić information content (AvgIpc) is 2.88. The molecule has 0 saturated carbocycles. The minimum Gasteiger partial charge on any atom is -0.475 e. The predicted octanol–water partition coefficient (Wildman–Crippen LogP) is 4.85. The van der Waals surface area contributed by atoms with Crippen LogP contribution < -0.4 is 0 Å². The molecular formula is C14H11F3O3S. The minimum absolute atomic E-state index is 0.193. The van der Waals surface area contributed by atoms with E-state index in [0.29, 0.717) is 10.7 Å². The molecule has 2 rings (SSSR count). The van der Waals surface area contributed by atoms with Gasteiger partial charge in [0.25, 0.3) is 0 Å². The summed E-state index contributed by atoms with van der Waals surface area (Å²) in [5.41, 5.74) is -0.717. The van der Waals surface area contributed by atoms with Crippen molar-refractivity contribution in [3.63, 3.8) is 0 Å². The Kier molecular flexibility index (Phi) is 4.32. The molecule has 112 valence electrons. The second kappa shape index (κ2) is 5.85. The fourth-order valence-electron chi connectivity index (χ4n) is 1.69. The van der Waals surface area contributed by atoms with Crippen molar-refractivity contribution < 1.29 is 27.5 Å². The van der Waals surface area contributed by atoms with Crippen LogP contribution in [0.2, 0.25) is 0 Å². The maximum atomic E-state index is 12.6. The topological polar surface area (TPSA) is 50.4 Å². The fourth-order valence-corrected chi connectivity index (χ4v) is 2.70. The van der Waals surface area contributed by atoms with Crippen LogP contribution >= 0.6 is 11.8 Å². The van der Waals surface area contributed by atoms with E-state index in [4.69, 9.17) is 9.52 Å². The Bertz CT molecular complexity index is 649. The Hall–Kier alpha value is -1.89. The van der Waals surface area contributed by atoms with Gasteiger partial charge in [-0.25, -0.2) is 4.79 Å². The van der Waals surface area contributed by atoms with E-state index in [9.17, 15) is 18.0 Å². The van der Waals surface area contributed by atoms with Gasteiger partial charge in [-0.3, -0.25) is 0 Å². The van der Waals surface area contributed by atoms with E-state index in [-0.39, 0.29) is 11.0 Å². The van der Waals surface area contributed by atoms with E-state index in [1.54, 1.807) is 13.0 Å². The van der Waals surface area contributed by atoms with Crippen molar-refractivity contribution in [1.82, 2.24) is 0 Å². The number of benzene rings is 1. The number of carboxylic acid groups (broad SMARTS) is 1. The van der Waals surface area contributed by atoms with Crippen molar-refractivity contribution in [3.8, 4) is 0 Å². The molecule has 1 atom stereocenters. The third-order valence-electron chi connectivity index (χ3n) is 2.71. The van der Waals surface area contributed by atoms with Crippen LogP contribution in [0.4, 0.5) is 13.2 Å². The fraction of sp³-hybridized carbons (Fsp3) is 0.214. The predicted molar refractivity (Wildman–Crippen MR) is 71.4 cm³/mol. The van der Waals surface area contributed by atoms with Crippen molar-refractivity contribution >= 4 is 17.7 Å². The van der Waals surface area contributed by atoms with Gasteiger partial charge in [0.2, 0.25) is 5.76 Å². The Balaban J connectivity index is 2.15. The zero-order valence-corrected chi connectivity index (χ0v) is 11.7. The molecule has 1 N–H and O–H groups in total. The molecule has 1 aromatic carbocycles. The highest BCUT2D eigenvalue weighted by atomic mass is 32.2. The van der Waals surface area contributed by atoms with Gasteiger partial charge in [0.15, 0.2) is 0 Å². The summed E-state index contributed by atoms with van der Waals surface area (Å²) in [4.78, 5) is 11.2. The van der Waals surface area contributed by atoms with Crippen LogP contribution in [-0.2, 0) is 6.18 Å². The maximum absolute atomic E-state index is 12.6. The molecule has 21 heavy (non-hydrogen) atoms. The molecule has 7 heteroatoms. The SMILES string of the molecule is CC(Sc1cccc(C(F)(F)F)c1)c1ccc(C(=O)O)o1. The van der Waals surface area contributed by atoms with E-state index in [2.05, 4.69) is 0 Å². The normalized spacial score (nSPS) is 13.1. The van der Waals surface area contributed by atoms with Gasteiger partial charge < -0.3 is 9.52 Å². The number of furan rings is 1. The molecule has 0 amide bonds. The van der Waals surface area contributed by atoms with Crippen LogP contribution in [0.5, 0.6) is 0 Å². The number of hydrogen-bond donors (Lipinski definition) is 1. The Morgan fingerprint density at radius 2 is 2.00 bits per heavy atom.